The Kier molecular flexibility index (Phi) is 8.13. The van der Waals surface area contributed by atoms with Gasteiger partial charge in [0, 0.05) is 24.9 Å². The molecule has 2 aromatic carbocycles. The van der Waals surface area contributed by atoms with E-state index in [0.717, 1.165) is 37.9 Å². The van der Waals surface area contributed by atoms with Gasteiger partial charge in [-0.3, -0.25) is 14.6 Å². The third kappa shape index (κ3) is 5.47. The summed E-state index contributed by atoms with van der Waals surface area (Å²) in [5.41, 5.74) is 11.4. The summed E-state index contributed by atoms with van der Waals surface area (Å²) in [4.78, 5) is 32.7. The molecule has 2 aliphatic carbocycles. The van der Waals surface area contributed by atoms with E-state index in [1.165, 1.54) is 73.5 Å². The number of allylic oxidation sites excluding steroid dienone is 1. The fourth-order valence-electron chi connectivity index (χ4n) is 8.14. The van der Waals surface area contributed by atoms with Gasteiger partial charge in [0.2, 0.25) is 5.91 Å². The molecule has 1 spiro atoms. The van der Waals surface area contributed by atoms with Gasteiger partial charge in [-0.05, 0) is 102 Å². The molecular weight excluding hydrogens is 520 g/mol. The summed E-state index contributed by atoms with van der Waals surface area (Å²) < 4.78 is 4.90. The van der Waals surface area contributed by atoms with Crippen LogP contribution in [0, 0.1) is 24.2 Å². The second kappa shape index (κ2) is 11.8. The summed E-state index contributed by atoms with van der Waals surface area (Å²) in [5.74, 6) is -0.567. The Hall–Kier alpha value is -3.21. The Morgan fingerprint density at radius 3 is 2.40 bits per heavy atom. The van der Waals surface area contributed by atoms with Crippen LogP contribution in [0.2, 0.25) is 0 Å². The average molecular weight is 567 g/mol. The van der Waals surface area contributed by atoms with E-state index < -0.39 is 0 Å². The minimum absolute atomic E-state index is 0.00350. The number of rotatable bonds is 7. The van der Waals surface area contributed by atoms with Gasteiger partial charge in [0.15, 0.2) is 0 Å². The highest BCUT2D eigenvalue weighted by molar-refractivity contribution is 6.03. The van der Waals surface area contributed by atoms with E-state index in [4.69, 9.17) is 9.73 Å². The van der Waals surface area contributed by atoms with Crippen LogP contribution in [0.3, 0.4) is 0 Å². The number of ether oxygens (including phenoxy) is 1. The highest BCUT2D eigenvalue weighted by Gasteiger charge is 2.41. The molecule has 2 heterocycles. The number of piperidine rings is 1. The van der Waals surface area contributed by atoms with Gasteiger partial charge in [0.25, 0.3) is 0 Å². The third-order valence-electron chi connectivity index (χ3n) is 10.7. The summed E-state index contributed by atoms with van der Waals surface area (Å²) in [7, 11) is 1.39. The second-order valence-corrected chi connectivity index (χ2v) is 13.7. The molecule has 5 nitrogen and oxygen atoms in total. The normalized spacial score (nSPS) is 21.8. The van der Waals surface area contributed by atoms with Gasteiger partial charge in [-0.1, -0.05) is 63.1 Å². The summed E-state index contributed by atoms with van der Waals surface area (Å²) in [6.45, 7) is 7.03. The molecule has 42 heavy (non-hydrogen) atoms. The third-order valence-corrected chi connectivity index (χ3v) is 10.7. The molecule has 2 aliphatic heterocycles. The number of amides is 1. The van der Waals surface area contributed by atoms with Gasteiger partial charge in [-0.2, -0.15) is 0 Å². The second-order valence-electron chi connectivity index (χ2n) is 13.7. The molecule has 0 radical (unpaired) electrons. The van der Waals surface area contributed by atoms with E-state index >= 15 is 0 Å². The zero-order valence-corrected chi connectivity index (χ0v) is 25.9. The van der Waals surface area contributed by atoms with Gasteiger partial charge >= 0.3 is 5.97 Å². The van der Waals surface area contributed by atoms with Crippen LogP contribution in [0.25, 0.3) is 16.7 Å². The molecule has 2 atom stereocenters. The van der Waals surface area contributed by atoms with Crippen molar-refractivity contribution >= 4 is 23.2 Å². The maximum atomic E-state index is 13.7. The van der Waals surface area contributed by atoms with Crippen molar-refractivity contribution in [2.75, 3.05) is 13.7 Å². The molecule has 222 valence electrons. The maximum Gasteiger partial charge on any atom is 0.306 e. The highest BCUT2D eigenvalue weighted by Crippen LogP contribution is 2.51. The lowest BCUT2D eigenvalue weighted by molar-refractivity contribution is -0.149. The highest BCUT2D eigenvalue weighted by atomic mass is 16.5. The topological polar surface area (TPSA) is 59.0 Å². The molecule has 1 saturated heterocycles. The Morgan fingerprint density at radius 2 is 1.69 bits per heavy atom. The Labute approximate surface area is 251 Å². The van der Waals surface area contributed by atoms with Crippen molar-refractivity contribution in [2.24, 2.45) is 22.2 Å². The first kappa shape index (κ1) is 28.9. The van der Waals surface area contributed by atoms with Gasteiger partial charge in [-0.25, -0.2) is 0 Å². The average Bonchev–Trinajstić information content (AvgIpc) is 3.76. The number of carbonyl (C=O) groups excluding carboxylic acids is 2. The lowest BCUT2D eigenvalue weighted by Crippen LogP contribution is -2.51. The van der Waals surface area contributed by atoms with Crippen molar-refractivity contribution in [3.8, 4) is 11.1 Å². The lowest BCUT2D eigenvalue weighted by atomic mass is 9.83. The van der Waals surface area contributed by atoms with E-state index in [1.807, 2.05) is 24.9 Å². The maximum absolute atomic E-state index is 13.7. The number of aliphatic imine (C=N–C) groups is 1. The minimum atomic E-state index is -0.369. The van der Waals surface area contributed by atoms with Crippen molar-refractivity contribution in [1.29, 1.82) is 0 Å². The molecule has 0 N–H and O–H groups in total. The summed E-state index contributed by atoms with van der Waals surface area (Å²) >= 11 is 0. The SMILES string of the molecule is COC(=O)C[C@H](C(=O)N1CCCC[C@H]1C1=NC=C(c2ccc(-c3ccc(C)c4c3CC3(CCCC3)C4)cc2)C1)C(C)C. The van der Waals surface area contributed by atoms with Crippen LogP contribution in [0.15, 0.2) is 47.6 Å². The van der Waals surface area contributed by atoms with E-state index in [0.29, 0.717) is 5.41 Å². The number of esters is 1. The Balaban J connectivity index is 1.16. The molecule has 0 bridgehead atoms. The quantitative estimate of drug-likeness (QED) is 0.322. The molecule has 1 amide bonds. The Bertz CT molecular complexity index is 1410. The molecule has 0 aromatic heterocycles. The molecule has 0 unspecified atom stereocenters. The number of nitrogens with zero attached hydrogens (tertiary/aromatic N) is 2. The number of fused-ring (bicyclic) bond motifs is 1. The zero-order chi connectivity index (χ0) is 29.4. The molecule has 5 heteroatoms. The van der Waals surface area contributed by atoms with Crippen molar-refractivity contribution in [3.63, 3.8) is 0 Å². The van der Waals surface area contributed by atoms with E-state index in [-0.39, 0.29) is 36.2 Å². The number of benzene rings is 2. The molecule has 1 saturated carbocycles. The largest absolute Gasteiger partial charge is 0.469 e. The molecule has 2 fully saturated rings. The number of hydrogen-bond acceptors (Lipinski definition) is 4. The number of carbonyl (C=O) groups is 2. The van der Waals surface area contributed by atoms with Crippen molar-refractivity contribution in [3.05, 3.63) is 64.9 Å². The van der Waals surface area contributed by atoms with Crippen LogP contribution >= 0.6 is 0 Å². The Morgan fingerprint density at radius 1 is 0.976 bits per heavy atom. The minimum Gasteiger partial charge on any atom is -0.469 e. The fourth-order valence-corrected chi connectivity index (χ4v) is 8.14. The summed E-state index contributed by atoms with van der Waals surface area (Å²) in [6.07, 6.45) is 13.9. The van der Waals surface area contributed by atoms with Crippen LogP contribution in [-0.4, -0.2) is 42.2 Å². The van der Waals surface area contributed by atoms with E-state index in [9.17, 15) is 9.59 Å². The van der Waals surface area contributed by atoms with Gasteiger partial charge < -0.3 is 9.64 Å². The lowest BCUT2D eigenvalue weighted by Gasteiger charge is -2.38. The van der Waals surface area contributed by atoms with Crippen molar-refractivity contribution in [1.82, 2.24) is 4.90 Å². The number of likely N-dealkylation sites (tertiary alicyclic amines) is 1. The van der Waals surface area contributed by atoms with Crippen LogP contribution in [0.4, 0.5) is 0 Å². The first-order chi connectivity index (χ1) is 20.3. The monoisotopic (exact) mass is 566 g/mol. The van der Waals surface area contributed by atoms with Crippen molar-refractivity contribution in [2.45, 2.75) is 97.4 Å². The van der Waals surface area contributed by atoms with Crippen LogP contribution in [0.5, 0.6) is 0 Å². The van der Waals surface area contributed by atoms with E-state index in [2.05, 4.69) is 43.3 Å². The van der Waals surface area contributed by atoms with Gasteiger partial charge in [0.1, 0.15) is 0 Å². The molecular formula is C37H46N2O3. The standard InChI is InChI=1S/C37H46N2O3/c1-24(2)30(20-35(40)42-4)36(41)39-18-8-5-9-34(39)33-19-28(23-38-33)26-11-13-27(14-12-26)29-15-10-25(3)31-21-37(22-32(29)31)16-6-7-17-37/h10-15,23-24,30,34H,5-9,16-22H2,1-4H3/t30-,34-/m0/s1. The zero-order valence-electron chi connectivity index (χ0n) is 25.9. The number of aryl methyl sites for hydroxylation is 1. The first-order valence-corrected chi connectivity index (χ1v) is 16.1. The van der Waals surface area contributed by atoms with E-state index in [1.54, 1.807) is 11.1 Å². The smallest absolute Gasteiger partial charge is 0.306 e. The predicted octanol–water partition coefficient (Wildman–Crippen LogP) is 7.72. The fraction of sp³-hybridized carbons (Fsp3) is 0.541. The van der Waals surface area contributed by atoms with Crippen LogP contribution in [0.1, 0.15) is 93.9 Å². The van der Waals surface area contributed by atoms with Crippen LogP contribution < -0.4 is 0 Å². The molecule has 6 rings (SSSR count). The molecule has 4 aliphatic rings. The molecule has 2 aromatic rings. The van der Waals surface area contributed by atoms with Crippen molar-refractivity contribution < 1.29 is 14.3 Å². The first-order valence-electron chi connectivity index (χ1n) is 16.1. The van der Waals surface area contributed by atoms with Crippen LogP contribution in [-0.2, 0) is 27.2 Å². The summed E-state index contributed by atoms with van der Waals surface area (Å²) in [6, 6.07) is 13.7. The summed E-state index contributed by atoms with van der Waals surface area (Å²) in [5, 5.41) is 0. The van der Waals surface area contributed by atoms with Gasteiger partial charge in [0.05, 0.1) is 25.5 Å². The van der Waals surface area contributed by atoms with Gasteiger partial charge in [-0.15, -0.1) is 0 Å². The number of methoxy groups -OCH3 is 1. The number of hydrogen-bond donors (Lipinski definition) is 0. The predicted molar refractivity (Wildman–Crippen MR) is 169 cm³/mol.